The fraction of sp³-hybridized carbons (Fsp3) is 0.379. The van der Waals surface area contributed by atoms with Gasteiger partial charge in [0.1, 0.15) is 6.61 Å². The lowest BCUT2D eigenvalue weighted by Crippen LogP contribution is -2.21. The summed E-state index contributed by atoms with van der Waals surface area (Å²) in [6.45, 7) is 15.6. The lowest BCUT2D eigenvalue weighted by molar-refractivity contribution is 0.0858. The molecule has 0 aliphatic carbocycles. The highest BCUT2D eigenvalue weighted by atomic mass is 16.5. The molecule has 3 N–H and O–H groups in total. The molecule has 34 heavy (non-hydrogen) atoms. The van der Waals surface area contributed by atoms with Gasteiger partial charge in [-0.2, -0.15) is 4.99 Å². The molecule has 0 amide bonds. The van der Waals surface area contributed by atoms with E-state index in [9.17, 15) is 9.90 Å². The maximum atomic E-state index is 12.4. The molecule has 0 heterocycles. The van der Waals surface area contributed by atoms with Crippen LogP contribution < -0.4 is 5.73 Å². The van der Waals surface area contributed by atoms with Crippen molar-refractivity contribution >= 4 is 17.5 Å². The van der Waals surface area contributed by atoms with Gasteiger partial charge in [-0.05, 0) is 42.0 Å². The number of nitrogens with zero attached hydrogens (tertiary/aromatic N) is 1. The maximum absolute atomic E-state index is 12.4. The first-order valence-corrected chi connectivity index (χ1v) is 11.8. The Morgan fingerprint density at radius 1 is 1.09 bits per heavy atom. The number of hydrogen-bond acceptors (Lipinski definition) is 4. The van der Waals surface area contributed by atoms with Crippen LogP contribution in [0.5, 0.6) is 0 Å². The van der Waals surface area contributed by atoms with Crippen LogP contribution in [0.2, 0.25) is 0 Å². The highest BCUT2D eigenvalue weighted by Crippen LogP contribution is 2.25. The van der Waals surface area contributed by atoms with Gasteiger partial charge in [0.25, 0.3) is 6.02 Å². The molecule has 0 bridgehead atoms. The van der Waals surface area contributed by atoms with Crippen molar-refractivity contribution in [2.45, 2.75) is 54.4 Å². The molecule has 0 aliphatic rings. The topological polar surface area (TPSA) is 84.9 Å². The second kappa shape index (κ2) is 17.3. The quantitative estimate of drug-likeness (QED) is 0.179. The Kier molecular flexibility index (Phi) is 15.7. The van der Waals surface area contributed by atoms with E-state index >= 15 is 0 Å². The van der Waals surface area contributed by atoms with Crippen LogP contribution in [-0.4, -0.2) is 30.1 Å². The van der Waals surface area contributed by atoms with E-state index in [1.165, 1.54) is 0 Å². The third-order valence-corrected chi connectivity index (χ3v) is 4.57. The van der Waals surface area contributed by atoms with E-state index in [2.05, 4.69) is 18.5 Å². The average Bonchev–Trinajstić information content (AvgIpc) is 2.86. The number of rotatable bonds is 9. The first-order chi connectivity index (χ1) is 16.3. The normalized spacial score (nSPS) is 11.1. The predicted molar refractivity (Wildman–Crippen MR) is 146 cm³/mol. The first-order valence-electron chi connectivity index (χ1n) is 11.8. The van der Waals surface area contributed by atoms with Crippen LogP contribution in [-0.2, 0) is 4.74 Å². The number of benzene rings is 2. The van der Waals surface area contributed by atoms with Crippen molar-refractivity contribution in [2.75, 3.05) is 13.2 Å². The summed E-state index contributed by atoms with van der Waals surface area (Å²) < 4.78 is 5.27. The van der Waals surface area contributed by atoms with E-state index in [4.69, 9.17) is 10.5 Å². The summed E-state index contributed by atoms with van der Waals surface area (Å²) in [7, 11) is 0. The van der Waals surface area contributed by atoms with Gasteiger partial charge in [-0.1, -0.05) is 89.2 Å². The lowest BCUT2D eigenvalue weighted by Gasteiger charge is -2.20. The third-order valence-electron chi connectivity index (χ3n) is 4.57. The summed E-state index contributed by atoms with van der Waals surface area (Å²) in [6.07, 6.45) is 7.01. The minimum Gasteiger partial charge on any atom is -0.461 e. The average molecular weight is 467 g/mol. The minimum absolute atomic E-state index is 0.0173. The summed E-state index contributed by atoms with van der Waals surface area (Å²) in [4.78, 5) is 16.6. The Morgan fingerprint density at radius 2 is 1.59 bits per heavy atom. The molecule has 0 spiro atoms. The van der Waals surface area contributed by atoms with E-state index in [1.807, 2.05) is 101 Å². The van der Waals surface area contributed by atoms with E-state index in [0.29, 0.717) is 24.3 Å². The van der Waals surface area contributed by atoms with Crippen LogP contribution in [0.1, 0.15) is 64.7 Å². The van der Waals surface area contributed by atoms with Gasteiger partial charge in [-0.25, -0.2) is 0 Å². The number of aliphatic hydroxyl groups excluding tert-OH is 1. The van der Waals surface area contributed by atoms with Gasteiger partial charge in [-0.3, -0.25) is 4.79 Å². The predicted octanol–water partition coefficient (Wildman–Crippen LogP) is 7.09. The zero-order chi connectivity index (χ0) is 26.0. The molecule has 0 aliphatic heterocycles. The van der Waals surface area contributed by atoms with Crippen LogP contribution in [0, 0.1) is 5.41 Å². The van der Waals surface area contributed by atoms with Crippen molar-refractivity contribution in [1.29, 1.82) is 0 Å². The van der Waals surface area contributed by atoms with Crippen molar-refractivity contribution in [2.24, 2.45) is 16.1 Å². The largest absolute Gasteiger partial charge is 0.461 e. The summed E-state index contributed by atoms with van der Waals surface area (Å²) >= 11 is 0. The van der Waals surface area contributed by atoms with Crippen LogP contribution in [0.25, 0.3) is 11.1 Å². The summed E-state index contributed by atoms with van der Waals surface area (Å²) in [5.41, 5.74) is 8.71. The van der Waals surface area contributed by atoms with Crippen LogP contribution >= 0.6 is 0 Å². The molecule has 2 aromatic carbocycles. The monoisotopic (exact) mass is 466 g/mol. The molecular formula is C29H42N2O3. The highest BCUT2D eigenvalue weighted by Gasteiger charge is 2.21. The van der Waals surface area contributed by atoms with Gasteiger partial charge in [0.05, 0.1) is 5.69 Å². The molecule has 5 nitrogen and oxygen atoms in total. The number of hydrogen-bond donors (Lipinski definition) is 2. The number of nitrogens with two attached hydrogens (primary N) is 1. The number of amidine groups is 1. The fourth-order valence-corrected chi connectivity index (χ4v) is 2.56. The molecule has 0 saturated heterocycles. The third kappa shape index (κ3) is 12.2. The summed E-state index contributed by atoms with van der Waals surface area (Å²) in [5.74, 6) is 0.0312. The Bertz CT molecular complexity index is 896. The van der Waals surface area contributed by atoms with Gasteiger partial charge < -0.3 is 15.6 Å². The minimum atomic E-state index is -0.412. The molecule has 0 atom stereocenters. The Morgan fingerprint density at radius 3 is 2.03 bits per heavy atom. The van der Waals surface area contributed by atoms with Crippen molar-refractivity contribution in [3.63, 3.8) is 0 Å². The van der Waals surface area contributed by atoms with Crippen LogP contribution in [0.4, 0.5) is 5.69 Å². The smallest absolute Gasteiger partial charge is 0.287 e. The van der Waals surface area contributed by atoms with E-state index in [0.717, 1.165) is 17.5 Å². The number of carbonyl (C=O) groups is 1. The Hall–Kier alpha value is -3.18. The Balaban J connectivity index is 0.00000164. The van der Waals surface area contributed by atoms with E-state index < -0.39 is 5.41 Å². The second-order valence-corrected chi connectivity index (χ2v) is 8.07. The van der Waals surface area contributed by atoms with Crippen LogP contribution in [0.3, 0.4) is 0 Å². The molecule has 186 valence electrons. The number of aliphatic imine (C=N–C) groups is 1. The number of aliphatic hydroxyl groups is 1. The number of ketones is 1. The molecule has 0 fully saturated rings. The summed E-state index contributed by atoms with van der Waals surface area (Å²) in [6, 6.07) is 15.2. The summed E-state index contributed by atoms with van der Waals surface area (Å²) in [5, 5.41) is 9.33. The first kappa shape index (κ1) is 30.8. The molecule has 2 rings (SSSR count). The second-order valence-electron chi connectivity index (χ2n) is 8.07. The van der Waals surface area contributed by atoms with Crippen LogP contribution in [0.15, 0.2) is 78.3 Å². The standard InChI is InChI=1S/C23H28N2O3.C4H8.C2H6/c1-4-5-14-28-22(24)25-20-12-10-18(11-13-20)17-6-8-19(9-7-17)21(27)15-23(2,3)16-26;1-3-4-2;1-2/h4-13,26H,14-16H2,1-3H3,(H2,24,25);3H,1,4H2,2H3;1-2H3/b5-4-;;. The molecule has 5 heteroatoms. The molecule has 2 aromatic rings. The number of Topliss-reactive ketones (excluding diaryl/α,β-unsaturated/α-hetero) is 1. The van der Waals surface area contributed by atoms with E-state index in [-0.39, 0.29) is 18.4 Å². The zero-order valence-electron chi connectivity index (χ0n) is 21.7. The molecule has 0 aromatic heterocycles. The molecule has 0 unspecified atom stereocenters. The van der Waals surface area contributed by atoms with Gasteiger partial charge in [-0.15, -0.1) is 6.58 Å². The number of carbonyl (C=O) groups excluding carboxylic acids is 1. The highest BCUT2D eigenvalue weighted by molar-refractivity contribution is 5.96. The SMILES string of the molecule is C/C=C\COC(N)=Nc1ccc(-c2ccc(C(=O)CC(C)(C)CO)cc2)cc1.C=CCC.CC. The van der Waals surface area contributed by atoms with E-state index in [1.54, 1.807) is 0 Å². The lowest BCUT2D eigenvalue weighted by atomic mass is 9.86. The van der Waals surface area contributed by atoms with Crippen molar-refractivity contribution in [1.82, 2.24) is 0 Å². The van der Waals surface area contributed by atoms with Crippen molar-refractivity contribution in [3.8, 4) is 11.1 Å². The van der Waals surface area contributed by atoms with Crippen molar-refractivity contribution in [3.05, 3.63) is 78.9 Å². The fourth-order valence-electron chi connectivity index (χ4n) is 2.56. The number of allylic oxidation sites excluding steroid dienone is 2. The zero-order valence-corrected chi connectivity index (χ0v) is 21.7. The van der Waals surface area contributed by atoms with Gasteiger partial charge in [0.2, 0.25) is 0 Å². The molecule has 0 saturated carbocycles. The molecular weight excluding hydrogens is 424 g/mol. The van der Waals surface area contributed by atoms with Gasteiger partial charge in [0.15, 0.2) is 5.78 Å². The van der Waals surface area contributed by atoms with Gasteiger partial charge in [0, 0.05) is 18.6 Å². The Labute approximate surface area is 206 Å². The number of ether oxygens (including phenoxy) is 1. The van der Waals surface area contributed by atoms with Crippen molar-refractivity contribution < 1.29 is 14.6 Å². The molecule has 0 radical (unpaired) electrons. The van der Waals surface area contributed by atoms with Gasteiger partial charge >= 0.3 is 0 Å². The maximum Gasteiger partial charge on any atom is 0.287 e.